The summed E-state index contributed by atoms with van der Waals surface area (Å²) in [6.45, 7) is 0. The molecule has 0 unspecified atom stereocenters. The lowest BCUT2D eigenvalue weighted by molar-refractivity contribution is 0.652. The maximum atomic E-state index is 6.09. The van der Waals surface area contributed by atoms with Crippen LogP contribution in [0.2, 0.25) is 5.02 Å². The fourth-order valence-corrected chi connectivity index (χ4v) is 2.01. The average molecular weight is 252 g/mol. The van der Waals surface area contributed by atoms with Crippen molar-refractivity contribution in [1.29, 1.82) is 0 Å². The number of hydrogen-bond acceptors (Lipinski definition) is 3. The van der Waals surface area contributed by atoms with E-state index < -0.39 is 0 Å². The molecule has 2 rings (SSSR count). The topological polar surface area (TPSA) is 22.1 Å². The number of para-hydroxylation sites is 1. The summed E-state index contributed by atoms with van der Waals surface area (Å²) in [6, 6.07) is 11.4. The van der Waals surface area contributed by atoms with Crippen molar-refractivity contribution in [3.63, 3.8) is 0 Å². The van der Waals surface area contributed by atoms with E-state index in [-0.39, 0.29) is 0 Å². The van der Waals surface area contributed by atoms with Gasteiger partial charge in [-0.3, -0.25) is 4.98 Å². The maximum Gasteiger partial charge on any atom is 0.165 e. The number of nitrogens with zero attached hydrogens (tertiary/aromatic N) is 1. The summed E-state index contributed by atoms with van der Waals surface area (Å²) in [6.07, 6.45) is 3.60. The average Bonchev–Trinajstić information content (AvgIpc) is 2.33. The van der Waals surface area contributed by atoms with Crippen molar-refractivity contribution in [2.45, 2.75) is 0 Å². The molecular weight excluding hydrogens is 242 g/mol. The Morgan fingerprint density at radius 3 is 2.75 bits per heavy atom. The quantitative estimate of drug-likeness (QED) is 0.768. The Balaban J connectivity index is 2.52. The van der Waals surface area contributed by atoms with E-state index in [0.717, 1.165) is 11.3 Å². The van der Waals surface area contributed by atoms with Gasteiger partial charge in [0.1, 0.15) is 0 Å². The van der Waals surface area contributed by atoms with Crippen LogP contribution in [0.15, 0.2) is 42.6 Å². The minimum atomic E-state index is 0.595. The van der Waals surface area contributed by atoms with Gasteiger partial charge in [-0.05, 0) is 24.3 Å². The molecule has 82 valence electrons. The van der Waals surface area contributed by atoms with Crippen molar-refractivity contribution in [3.8, 4) is 17.0 Å². The summed E-state index contributed by atoms with van der Waals surface area (Å²) in [4.78, 5) is 4.29. The molecule has 16 heavy (non-hydrogen) atoms. The van der Waals surface area contributed by atoms with Crippen LogP contribution in [0.5, 0.6) is 5.75 Å². The molecule has 0 fully saturated rings. The van der Waals surface area contributed by atoms with Crippen LogP contribution >= 0.6 is 23.6 Å². The Bertz CT molecular complexity index is 476. The molecule has 1 aromatic heterocycles. The monoisotopic (exact) mass is 251 g/mol. The molecule has 0 bridgehead atoms. The van der Waals surface area contributed by atoms with Gasteiger partial charge >= 0.3 is 0 Å². The van der Waals surface area contributed by atoms with Crippen LogP contribution in [0.1, 0.15) is 0 Å². The first-order valence-corrected chi connectivity index (χ1v) is 6.26. The van der Waals surface area contributed by atoms with Crippen LogP contribution in [0.3, 0.4) is 0 Å². The second kappa shape index (κ2) is 5.23. The summed E-state index contributed by atoms with van der Waals surface area (Å²) in [5.41, 5.74) is 1.76. The number of hydrogen-bond donors (Lipinski definition) is 0. The zero-order valence-corrected chi connectivity index (χ0v) is 10.3. The Morgan fingerprint density at radius 2 is 2.06 bits per heavy atom. The molecule has 0 radical (unpaired) electrons. The molecule has 0 amide bonds. The van der Waals surface area contributed by atoms with E-state index in [9.17, 15) is 0 Å². The van der Waals surface area contributed by atoms with Gasteiger partial charge in [-0.25, -0.2) is 0 Å². The molecule has 0 aliphatic carbocycles. The summed E-state index contributed by atoms with van der Waals surface area (Å²) in [5.74, 6) is 0.662. The molecule has 0 saturated carbocycles. The Hall–Kier alpha value is -1.19. The first-order chi connectivity index (χ1) is 7.83. The number of halogens is 1. The van der Waals surface area contributed by atoms with Gasteiger partial charge in [-0.1, -0.05) is 23.7 Å². The predicted molar refractivity (Wildman–Crippen MR) is 68.8 cm³/mol. The molecule has 0 atom stereocenters. The van der Waals surface area contributed by atoms with Gasteiger partial charge in [0.15, 0.2) is 5.75 Å². The van der Waals surface area contributed by atoms with E-state index >= 15 is 0 Å². The summed E-state index contributed by atoms with van der Waals surface area (Å²) in [5, 5.41) is 0.595. The molecule has 0 aliphatic rings. The van der Waals surface area contributed by atoms with E-state index in [1.807, 2.05) is 36.6 Å². The Labute approximate surface area is 104 Å². The van der Waals surface area contributed by atoms with Crippen molar-refractivity contribution in [2.75, 3.05) is 6.26 Å². The van der Waals surface area contributed by atoms with E-state index in [1.54, 1.807) is 12.3 Å². The molecule has 2 aromatic rings. The highest BCUT2D eigenvalue weighted by atomic mass is 35.5. The SMILES string of the molecule is CSOc1c(Cl)cccc1-c1ccccn1. The van der Waals surface area contributed by atoms with Crippen molar-refractivity contribution in [1.82, 2.24) is 4.98 Å². The van der Waals surface area contributed by atoms with Crippen LogP contribution in [0.4, 0.5) is 0 Å². The van der Waals surface area contributed by atoms with Gasteiger partial charge in [0, 0.05) is 18.0 Å². The highest BCUT2D eigenvalue weighted by Crippen LogP contribution is 2.36. The van der Waals surface area contributed by atoms with E-state index in [4.69, 9.17) is 15.8 Å². The van der Waals surface area contributed by atoms with E-state index in [1.165, 1.54) is 12.0 Å². The fraction of sp³-hybridized carbons (Fsp3) is 0.0833. The molecule has 0 saturated heterocycles. The molecular formula is C12H10ClNOS. The van der Waals surface area contributed by atoms with Crippen molar-refractivity contribution in [3.05, 3.63) is 47.6 Å². The highest BCUT2D eigenvalue weighted by Gasteiger charge is 2.10. The normalized spacial score (nSPS) is 10.1. The molecule has 0 aliphatic heterocycles. The van der Waals surface area contributed by atoms with Crippen LogP contribution in [-0.4, -0.2) is 11.2 Å². The van der Waals surface area contributed by atoms with Crippen LogP contribution < -0.4 is 4.18 Å². The number of rotatable bonds is 3. The lowest BCUT2D eigenvalue weighted by Crippen LogP contribution is -1.88. The van der Waals surface area contributed by atoms with Gasteiger partial charge in [0.05, 0.1) is 22.8 Å². The van der Waals surface area contributed by atoms with Gasteiger partial charge in [0.2, 0.25) is 0 Å². The maximum absolute atomic E-state index is 6.09. The van der Waals surface area contributed by atoms with Gasteiger partial charge in [-0.15, -0.1) is 0 Å². The predicted octanol–water partition coefficient (Wildman–Crippen LogP) is 4.06. The Morgan fingerprint density at radius 1 is 1.19 bits per heavy atom. The van der Waals surface area contributed by atoms with E-state index in [0.29, 0.717) is 10.8 Å². The lowest BCUT2D eigenvalue weighted by Gasteiger charge is -2.09. The number of benzene rings is 1. The fourth-order valence-electron chi connectivity index (χ4n) is 1.40. The zero-order chi connectivity index (χ0) is 11.4. The molecule has 4 heteroatoms. The molecule has 1 heterocycles. The first-order valence-electron chi connectivity index (χ1n) is 4.73. The van der Waals surface area contributed by atoms with E-state index in [2.05, 4.69) is 4.98 Å². The number of aromatic nitrogens is 1. The van der Waals surface area contributed by atoms with Crippen LogP contribution in [0.25, 0.3) is 11.3 Å². The van der Waals surface area contributed by atoms with Crippen LogP contribution in [0, 0.1) is 0 Å². The zero-order valence-electron chi connectivity index (χ0n) is 8.68. The smallest absolute Gasteiger partial charge is 0.165 e. The van der Waals surface area contributed by atoms with Gasteiger partial charge in [-0.2, -0.15) is 0 Å². The van der Waals surface area contributed by atoms with Crippen LogP contribution in [-0.2, 0) is 0 Å². The molecule has 0 spiro atoms. The molecule has 0 N–H and O–H groups in total. The van der Waals surface area contributed by atoms with Crippen molar-refractivity contribution < 1.29 is 4.18 Å². The highest BCUT2D eigenvalue weighted by molar-refractivity contribution is 7.94. The second-order valence-corrected chi connectivity index (χ2v) is 3.99. The standard InChI is InChI=1S/C12H10ClNOS/c1-16-15-12-9(5-4-6-10(12)13)11-7-2-3-8-14-11/h2-8H,1H3. The lowest BCUT2D eigenvalue weighted by atomic mass is 10.1. The minimum absolute atomic E-state index is 0.595. The Kier molecular flexibility index (Phi) is 3.70. The third kappa shape index (κ3) is 2.31. The first kappa shape index (κ1) is 11.3. The summed E-state index contributed by atoms with van der Waals surface area (Å²) in [7, 11) is 0. The third-order valence-corrected chi connectivity index (χ3v) is 2.71. The van der Waals surface area contributed by atoms with Crippen molar-refractivity contribution >= 4 is 23.6 Å². The second-order valence-electron chi connectivity index (χ2n) is 3.08. The van der Waals surface area contributed by atoms with Gasteiger partial charge in [0.25, 0.3) is 0 Å². The summed E-state index contributed by atoms with van der Waals surface area (Å²) >= 11 is 7.36. The molecule has 2 nitrogen and oxygen atoms in total. The third-order valence-electron chi connectivity index (χ3n) is 2.07. The molecule has 1 aromatic carbocycles. The van der Waals surface area contributed by atoms with Crippen molar-refractivity contribution in [2.24, 2.45) is 0 Å². The summed E-state index contributed by atoms with van der Waals surface area (Å²) < 4.78 is 5.47. The number of pyridine rings is 1. The largest absolute Gasteiger partial charge is 0.424 e. The minimum Gasteiger partial charge on any atom is -0.424 e. The van der Waals surface area contributed by atoms with Gasteiger partial charge < -0.3 is 4.18 Å².